The van der Waals surface area contributed by atoms with Crippen molar-refractivity contribution < 1.29 is 19.1 Å². The Kier molecular flexibility index (Phi) is 8.51. The van der Waals surface area contributed by atoms with Gasteiger partial charge in [0.05, 0.1) is 18.3 Å². The first-order chi connectivity index (χ1) is 15.4. The smallest absolute Gasteiger partial charge is 0.344 e. The summed E-state index contributed by atoms with van der Waals surface area (Å²) < 4.78 is 6.96. The van der Waals surface area contributed by atoms with Crippen LogP contribution in [0.25, 0.3) is 0 Å². The second-order valence-corrected chi connectivity index (χ2v) is 8.50. The highest BCUT2D eigenvalue weighted by molar-refractivity contribution is 14.1. The normalized spacial score (nSPS) is 10.6. The van der Waals surface area contributed by atoms with Crippen molar-refractivity contribution in [2.24, 2.45) is 5.10 Å². The second kappa shape index (κ2) is 11.5. The second-order valence-electron chi connectivity index (χ2n) is 6.42. The molecule has 3 aromatic carbocycles. The third kappa shape index (κ3) is 6.99. The molecule has 0 aromatic heterocycles. The van der Waals surface area contributed by atoms with Crippen molar-refractivity contribution >= 4 is 62.5 Å². The molecule has 0 radical (unpaired) electrons. The van der Waals surface area contributed by atoms with Gasteiger partial charge in [0.2, 0.25) is 0 Å². The van der Waals surface area contributed by atoms with E-state index in [9.17, 15) is 14.4 Å². The molecule has 162 valence electrons. The minimum Gasteiger partial charge on any atom is -0.423 e. The van der Waals surface area contributed by atoms with Crippen molar-refractivity contribution in [3.05, 3.63) is 97.5 Å². The Morgan fingerprint density at radius 1 is 1.00 bits per heavy atom. The van der Waals surface area contributed by atoms with Crippen LogP contribution in [0.3, 0.4) is 0 Å². The highest BCUT2D eigenvalue weighted by Gasteiger charge is 2.11. The van der Waals surface area contributed by atoms with Crippen molar-refractivity contribution in [1.82, 2.24) is 10.7 Å². The average molecular weight is 606 g/mol. The minimum atomic E-state index is -0.465. The number of carbonyl (C=O) groups is 3. The molecule has 0 bridgehead atoms. The van der Waals surface area contributed by atoms with E-state index < -0.39 is 11.9 Å². The zero-order valence-electron chi connectivity index (χ0n) is 16.5. The lowest BCUT2D eigenvalue weighted by molar-refractivity contribution is -0.120. The number of amides is 2. The number of nitrogens with zero attached hydrogens (tertiary/aromatic N) is 1. The number of ether oxygens (including phenoxy) is 1. The Bertz CT molecular complexity index is 1170. The van der Waals surface area contributed by atoms with Gasteiger partial charge >= 0.3 is 5.97 Å². The van der Waals surface area contributed by atoms with E-state index in [-0.39, 0.29) is 12.5 Å². The Balaban J connectivity index is 1.46. The third-order valence-corrected chi connectivity index (χ3v) is 5.52. The fourth-order valence-corrected chi connectivity index (χ4v) is 3.53. The monoisotopic (exact) mass is 605 g/mol. The lowest BCUT2D eigenvalue weighted by Gasteiger charge is -2.06. The number of hydrazone groups is 1. The molecule has 0 unspecified atom stereocenters. The van der Waals surface area contributed by atoms with Crippen molar-refractivity contribution in [3.63, 3.8) is 0 Å². The van der Waals surface area contributed by atoms with Crippen LogP contribution in [0.1, 0.15) is 26.3 Å². The van der Waals surface area contributed by atoms with Crippen LogP contribution < -0.4 is 15.5 Å². The highest BCUT2D eigenvalue weighted by Crippen LogP contribution is 2.17. The van der Waals surface area contributed by atoms with Gasteiger partial charge in [0, 0.05) is 13.6 Å². The van der Waals surface area contributed by atoms with Crippen LogP contribution in [-0.4, -0.2) is 30.5 Å². The number of hydrogen-bond donors (Lipinski definition) is 2. The zero-order chi connectivity index (χ0) is 22.9. The van der Waals surface area contributed by atoms with Gasteiger partial charge in [0.1, 0.15) is 5.75 Å². The molecule has 0 heterocycles. The molecule has 0 aliphatic heterocycles. The van der Waals surface area contributed by atoms with Crippen molar-refractivity contribution in [3.8, 4) is 5.75 Å². The first-order valence-electron chi connectivity index (χ1n) is 9.35. The van der Waals surface area contributed by atoms with Crippen LogP contribution in [0.4, 0.5) is 0 Å². The quantitative estimate of drug-likeness (QED) is 0.139. The molecule has 3 aromatic rings. The Morgan fingerprint density at radius 3 is 2.47 bits per heavy atom. The molecule has 7 nitrogen and oxygen atoms in total. The number of benzene rings is 3. The number of nitrogens with one attached hydrogen (secondary N) is 2. The first kappa shape index (κ1) is 23.6. The van der Waals surface area contributed by atoms with Crippen molar-refractivity contribution in [2.45, 2.75) is 0 Å². The molecule has 0 saturated heterocycles. The molecule has 2 amide bonds. The van der Waals surface area contributed by atoms with Crippen LogP contribution in [0.2, 0.25) is 0 Å². The molecule has 0 spiro atoms. The zero-order valence-corrected chi connectivity index (χ0v) is 20.3. The van der Waals surface area contributed by atoms with E-state index in [1.54, 1.807) is 60.7 Å². The summed E-state index contributed by atoms with van der Waals surface area (Å²) in [7, 11) is 0. The van der Waals surface area contributed by atoms with Gasteiger partial charge in [-0.25, -0.2) is 10.2 Å². The average Bonchev–Trinajstić information content (AvgIpc) is 2.79. The summed E-state index contributed by atoms with van der Waals surface area (Å²) in [4.78, 5) is 36.1. The van der Waals surface area contributed by atoms with Gasteiger partial charge in [-0.1, -0.05) is 34.1 Å². The van der Waals surface area contributed by atoms with E-state index >= 15 is 0 Å². The third-order valence-electron chi connectivity index (χ3n) is 4.08. The summed E-state index contributed by atoms with van der Waals surface area (Å²) in [5.74, 6) is -0.868. The van der Waals surface area contributed by atoms with Gasteiger partial charge in [-0.3, -0.25) is 9.59 Å². The van der Waals surface area contributed by atoms with Crippen LogP contribution in [0, 0.1) is 3.57 Å². The largest absolute Gasteiger partial charge is 0.423 e. The van der Waals surface area contributed by atoms with Gasteiger partial charge < -0.3 is 10.1 Å². The SMILES string of the molecule is O=C(CNC(=O)c1cccc(Br)c1)N/N=C\c1ccc(OC(=O)c2ccccc2I)cc1. The summed E-state index contributed by atoms with van der Waals surface area (Å²) in [6.07, 6.45) is 1.44. The maximum atomic E-state index is 12.3. The predicted molar refractivity (Wildman–Crippen MR) is 133 cm³/mol. The standard InChI is InChI=1S/C23H17BrIN3O4/c24-17-5-3-4-16(12-17)22(30)26-14-21(29)28-27-13-15-8-10-18(11-9-15)32-23(31)19-6-1-2-7-20(19)25/h1-13H,14H2,(H,26,30)(H,28,29)/b27-13-. The molecule has 0 aliphatic carbocycles. The van der Waals surface area contributed by atoms with Gasteiger partial charge in [0.25, 0.3) is 11.8 Å². The number of rotatable bonds is 7. The molecule has 0 aliphatic rings. The molecular formula is C23H17BrIN3O4. The molecule has 2 N–H and O–H groups in total. The predicted octanol–water partition coefficient (Wildman–Crippen LogP) is 4.15. The van der Waals surface area contributed by atoms with Crippen LogP contribution in [0.15, 0.2) is 82.4 Å². The fourth-order valence-electron chi connectivity index (χ4n) is 2.52. The Hall–Kier alpha value is -3.05. The van der Waals surface area contributed by atoms with Crippen LogP contribution in [0.5, 0.6) is 5.75 Å². The maximum absolute atomic E-state index is 12.3. The lowest BCUT2D eigenvalue weighted by Crippen LogP contribution is -2.34. The summed E-state index contributed by atoms with van der Waals surface area (Å²) in [6.45, 7) is -0.212. The summed E-state index contributed by atoms with van der Waals surface area (Å²) in [5, 5.41) is 6.39. The molecule has 3 rings (SSSR count). The van der Waals surface area contributed by atoms with Crippen molar-refractivity contribution in [1.29, 1.82) is 0 Å². The molecule has 0 saturated carbocycles. The van der Waals surface area contributed by atoms with E-state index in [1.165, 1.54) is 6.21 Å². The van der Waals surface area contributed by atoms with Gasteiger partial charge in [0.15, 0.2) is 0 Å². The van der Waals surface area contributed by atoms with E-state index in [4.69, 9.17) is 4.74 Å². The summed E-state index contributed by atoms with van der Waals surface area (Å²) in [6, 6.07) is 20.7. The molecule has 0 atom stereocenters. The Labute approximate surface area is 206 Å². The maximum Gasteiger partial charge on any atom is 0.344 e. The molecule has 32 heavy (non-hydrogen) atoms. The fraction of sp³-hybridized carbons (Fsp3) is 0.0435. The molecule has 9 heteroatoms. The molecule has 0 fully saturated rings. The number of hydrogen-bond acceptors (Lipinski definition) is 5. The topological polar surface area (TPSA) is 96.9 Å². The van der Waals surface area contributed by atoms with Gasteiger partial charge in [-0.05, 0) is 82.8 Å². The highest BCUT2D eigenvalue weighted by atomic mass is 127. The number of halogens is 2. The van der Waals surface area contributed by atoms with Gasteiger partial charge in [-0.15, -0.1) is 0 Å². The lowest BCUT2D eigenvalue weighted by atomic mass is 10.2. The number of esters is 1. The van der Waals surface area contributed by atoms with E-state index in [0.717, 1.165) is 8.04 Å². The summed E-state index contributed by atoms with van der Waals surface area (Å²) in [5.41, 5.74) is 3.97. The molecular weight excluding hydrogens is 589 g/mol. The van der Waals surface area contributed by atoms with Gasteiger partial charge in [-0.2, -0.15) is 5.10 Å². The minimum absolute atomic E-state index is 0.212. The van der Waals surface area contributed by atoms with Crippen LogP contribution >= 0.6 is 38.5 Å². The Morgan fingerprint density at radius 2 is 1.75 bits per heavy atom. The van der Waals surface area contributed by atoms with E-state index in [1.807, 2.05) is 12.1 Å². The van der Waals surface area contributed by atoms with E-state index in [0.29, 0.717) is 22.4 Å². The van der Waals surface area contributed by atoms with Crippen LogP contribution in [-0.2, 0) is 4.79 Å². The summed E-state index contributed by atoms with van der Waals surface area (Å²) >= 11 is 5.37. The van der Waals surface area contributed by atoms with E-state index in [2.05, 4.69) is 54.4 Å². The first-order valence-corrected chi connectivity index (χ1v) is 11.2. The number of carbonyl (C=O) groups excluding carboxylic acids is 3. The van der Waals surface area contributed by atoms with Crippen molar-refractivity contribution in [2.75, 3.05) is 6.54 Å².